The summed E-state index contributed by atoms with van der Waals surface area (Å²) in [5.41, 5.74) is 2.67. The number of rotatable bonds is 12. The zero-order chi connectivity index (χ0) is 30.8. The summed E-state index contributed by atoms with van der Waals surface area (Å²) in [6, 6.07) is 17.1. The molecule has 2 atom stereocenters. The molecule has 0 bridgehead atoms. The van der Waals surface area contributed by atoms with E-state index in [0.717, 1.165) is 24.1 Å². The Hall–Kier alpha value is -4.77. The largest absolute Gasteiger partial charge is 0.508 e. The Morgan fingerprint density at radius 3 is 2.33 bits per heavy atom. The van der Waals surface area contributed by atoms with Gasteiger partial charge in [-0.05, 0) is 73.0 Å². The number of benzene rings is 3. The van der Waals surface area contributed by atoms with Gasteiger partial charge >= 0.3 is 12.0 Å². The average molecular weight is 591 g/mol. The van der Waals surface area contributed by atoms with E-state index in [4.69, 9.17) is 14.2 Å². The first-order valence-electron chi connectivity index (χ1n) is 14.1. The Morgan fingerprint density at radius 1 is 0.953 bits per heavy atom. The van der Waals surface area contributed by atoms with E-state index in [1.54, 1.807) is 69.7 Å². The lowest BCUT2D eigenvalue weighted by Crippen LogP contribution is -2.52. The summed E-state index contributed by atoms with van der Waals surface area (Å²) in [5.74, 6) is 0.697. The number of carbonyl (C=O) groups excluding carboxylic acids is 3. The Balaban J connectivity index is 1.37. The first kappa shape index (κ1) is 31.2. The van der Waals surface area contributed by atoms with Crippen LogP contribution in [0.5, 0.6) is 17.2 Å². The maximum Gasteiger partial charge on any atom is 0.338 e. The molecule has 0 aliphatic carbocycles. The number of phenols is 1. The third-order valence-electron chi connectivity index (χ3n) is 7.12. The first-order chi connectivity index (χ1) is 20.8. The van der Waals surface area contributed by atoms with Crippen molar-refractivity contribution in [2.24, 2.45) is 0 Å². The van der Waals surface area contributed by atoms with Crippen LogP contribution in [0.25, 0.3) is 0 Å². The van der Waals surface area contributed by atoms with Gasteiger partial charge in [0.05, 0.1) is 26.4 Å². The Morgan fingerprint density at radius 2 is 1.65 bits per heavy atom. The predicted molar refractivity (Wildman–Crippen MR) is 162 cm³/mol. The fraction of sp³-hybridized carbons (Fsp3) is 0.344. The van der Waals surface area contributed by atoms with E-state index < -0.39 is 18.0 Å². The third kappa shape index (κ3) is 8.86. The van der Waals surface area contributed by atoms with Crippen LogP contribution in [0, 0.1) is 0 Å². The van der Waals surface area contributed by atoms with Crippen LogP contribution in [0.2, 0.25) is 0 Å². The van der Waals surface area contributed by atoms with Crippen molar-refractivity contribution in [3.63, 3.8) is 0 Å². The molecule has 0 aromatic heterocycles. The number of carbonyl (C=O) groups is 3. The number of amides is 3. The molecule has 0 radical (unpaired) electrons. The van der Waals surface area contributed by atoms with Gasteiger partial charge < -0.3 is 35.3 Å². The monoisotopic (exact) mass is 590 g/mol. The molecule has 4 N–H and O–H groups in total. The molecule has 3 aromatic carbocycles. The second-order valence-corrected chi connectivity index (χ2v) is 10.2. The average Bonchev–Trinajstić information content (AvgIpc) is 3.44. The normalized spacial score (nSPS) is 15.3. The minimum Gasteiger partial charge on any atom is -0.508 e. The predicted octanol–water partition coefficient (Wildman–Crippen LogP) is 3.71. The van der Waals surface area contributed by atoms with Gasteiger partial charge in [0, 0.05) is 37.8 Å². The fourth-order valence-electron chi connectivity index (χ4n) is 4.94. The lowest BCUT2D eigenvalue weighted by molar-refractivity contribution is -0.123. The van der Waals surface area contributed by atoms with E-state index in [9.17, 15) is 19.5 Å². The van der Waals surface area contributed by atoms with Gasteiger partial charge in [-0.3, -0.25) is 9.69 Å². The van der Waals surface area contributed by atoms with Crippen molar-refractivity contribution in [2.75, 3.05) is 39.2 Å². The van der Waals surface area contributed by atoms with Crippen molar-refractivity contribution < 1.29 is 33.7 Å². The smallest absolute Gasteiger partial charge is 0.338 e. The molecule has 3 aromatic rings. The van der Waals surface area contributed by atoms with Gasteiger partial charge in [0.2, 0.25) is 5.91 Å². The molecule has 11 nitrogen and oxygen atoms in total. The maximum atomic E-state index is 13.5. The van der Waals surface area contributed by atoms with Crippen LogP contribution in [0.15, 0.2) is 66.7 Å². The highest BCUT2D eigenvalue weighted by atomic mass is 16.5. The summed E-state index contributed by atoms with van der Waals surface area (Å²) in [5, 5.41) is 18.3. The molecular weight excluding hydrogens is 552 g/mol. The zero-order valence-corrected chi connectivity index (χ0v) is 24.6. The minimum atomic E-state index is -0.872. The number of urea groups is 1. The molecular formula is C32H38N4O7. The highest BCUT2D eigenvalue weighted by molar-refractivity contribution is 5.95. The summed E-state index contributed by atoms with van der Waals surface area (Å²) in [7, 11) is 3.21. The van der Waals surface area contributed by atoms with Crippen LogP contribution < -0.4 is 25.4 Å². The van der Waals surface area contributed by atoms with Gasteiger partial charge in [0.25, 0.3) is 0 Å². The van der Waals surface area contributed by atoms with Crippen molar-refractivity contribution in [1.29, 1.82) is 0 Å². The zero-order valence-electron chi connectivity index (χ0n) is 24.6. The second kappa shape index (κ2) is 14.9. The van der Waals surface area contributed by atoms with Crippen LogP contribution in [-0.2, 0) is 22.5 Å². The number of phenolic OH excluding ortho intramolecular Hbond substituents is 1. The lowest BCUT2D eigenvalue weighted by atomic mass is 10.0. The molecule has 3 amide bonds. The van der Waals surface area contributed by atoms with E-state index >= 15 is 0 Å². The summed E-state index contributed by atoms with van der Waals surface area (Å²) < 4.78 is 15.7. The van der Waals surface area contributed by atoms with Crippen LogP contribution >= 0.6 is 0 Å². The molecule has 43 heavy (non-hydrogen) atoms. The molecule has 1 aliphatic rings. The number of likely N-dealkylation sites (tertiary alicyclic amines) is 1. The van der Waals surface area contributed by atoms with Crippen molar-refractivity contribution in [3.8, 4) is 17.2 Å². The van der Waals surface area contributed by atoms with E-state index in [0.29, 0.717) is 35.8 Å². The fourth-order valence-corrected chi connectivity index (χ4v) is 4.94. The molecule has 1 heterocycles. The van der Waals surface area contributed by atoms with Crippen LogP contribution in [0.3, 0.4) is 0 Å². The van der Waals surface area contributed by atoms with Crippen LogP contribution in [0.4, 0.5) is 10.5 Å². The molecule has 1 unspecified atom stereocenters. The van der Waals surface area contributed by atoms with E-state index in [2.05, 4.69) is 20.9 Å². The van der Waals surface area contributed by atoms with Gasteiger partial charge in [-0.15, -0.1) is 0 Å². The summed E-state index contributed by atoms with van der Waals surface area (Å²) in [4.78, 5) is 40.5. The van der Waals surface area contributed by atoms with Crippen molar-refractivity contribution in [1.82, 2.24) is 15.5 Å². The Kier molecular flexibility index (Phi) is 10.8. The van der Waals surface area contributed by atoms with Gasteiger partial charge in [-0.2, -0.15) is 0 Å². The van der Waals surface area contributed by atoms with Gasteiger partial charge in [0.1, 0.15) is 11.8 Å². The second-order valence-electron chi connectivity index (χ2n) is 10.2. The number of nitrogens with zero attached hydrogens (tertiary/aromatic N) is 1. The molecule has 4 rings (SSSR count). The van der Waals surface area contributed by atoms with Gasteiger partial charge in [0.15, 0.2) is 11.5 Å². The SMILES string of the molecule is CCOC(=O)c1ccc(NC(=O)N[C@@H](Cc2ccc(O)cc2)C(=O)NC2CCN(Cc3ccc(OC)c(OC)c3)C2)cc1. The van der Waals surface area contributed by atoms with E-state index in [-0.39, 0.29) is 30.7 Å². The van der Waals surface area contributed by atoms with Crippen molar-refractivity contribution in [2.45, 2.75) is 38.4 Å². The number of esters is 1. The quantitative estimate of drug-likeness (QED) is 0.234. The Labute approximate surface area is 251 Å². The highest BCUT2D eigenvalue weighted by Gasteiger charge is 2.28. The lowest BCUT2D eigenvalue weighted by Gasteiger charge is -2.22. The van der Waals surface area contributed by atoms with Crippen molar-refractivity contribution in [3.05, 3.63) is 83.4 Å². The number of methoxy groups -OCH3 is 2. The first-order valence-corrected chi connectivity index (χ1v) is 14.1. The minimum absolute atomic E-state index is 0.0877. The summed E-state index contributed by atoms with van der Waals surface area (Å²) in [6.07, 6.45) is 0.993. The molecule has 228 valence electrons. The molecule has 11 heteroatoms. The number of anilines is 1. The number of aromatic hydroxyl groups is 1. The molecule has 1 saturated heterocycles. The Bertz CT molecular complexity index is 1400. The number of hydrogen-bond acceptors (Lipinski definition) is 8. The maximum absolute atomic E-state index is 13.5. The van der Waals surface area contributed by atoms with Crippen molar-refractivity contribution >= 4 is 23.6 Å². The van der Waals surface area contributed by atoms with Crippen LogP contribution in [-0.4, -0.2) is 73.9 Å². The third-order valence-corrected chi connectivity index (χ3v) is 7.12. The summed E-state index contributed by atoms with van der Waals surface area (Å²) in [6.45, 7) is 4.15. The van der Waals surface area contributed by atoms with E-state index in [1.807, 2.05) is 18.2 Å². The van der Waals surface area contributed by atoms with Gasteiger partial charge in [-0.25, -0.2) is 9.59 Å². The van der Waals surface area contributed by atoms with Crippen LogP contribution in [0.1, 0.15) is 34.8 Å². The summed E-state index contributed by atoms with van der Waals surface area (Å²) >= 11 is 0. The number of nitrogens with one attached hydrogen (secondary N) is 3. The van der Waals surface area contributed by atoms with E-state index in [1.165, 1.54) is 0 Å². The molecule has 0 saturated carbocycles. The number of hydrogen-bond donors (Lipinski definition) is 4. The molecule has 0 spiro atoms. The highest BCUT2D eigenvalue weighted by Crippen LogP contribution is 2.28. The van der Waals surface area contributed by atoms with Gasteiger partial charge in [-0.1, -0.05) is 18.2 Å². The number of ether oxygens (including phenoxy) is 3. The molecule has 1 aliphatic heterocycles. The topological polar surface area (TPSA) is 138 Å². The standard InChI is InChI=1S/C32H38N4O7/c1-4-43-31(39)23-8-10-24(11-9-23)34-32(40)35-27(17-21-5-12-26(37)13-6-21)30(38)33-25-15-16-36(20-25)19-22-7-14-28(41-2)29(18-22)42-3/h5-14,18,25,27,37H,4,15-17,19-20H2,1-3H3,(H,33,38)(H2,34,35,40)/t25?,27-/m0/s1. The molecule has 1 fully saturated rings.